The van der Waals surface area contributed by atoms with Gasteiger partial charge in [0.2, 0.25) is 0 Å². The molecule has 156 valence electrons. The number of nitrogens with zero attached hydrogens (tertiary/aromatic N) is 7. The molecular formula is C23H29N7. The van der Waals surface area contributed by atoms with Crippen LogP contribution in [0.15, 0.2) is 42.5 Å². The third-order valence-electron chi connectivity index (χ3n) is 6.15. The highest BCUT2D eigenvalue weighted by Gasteiger charge is 2.22. The van der Waals surface area contributed by atoms with Crippen LogP contribution < -0.4 is 14.7 Å². The number of anilines is 3. The number of hydrogen-bond donors (Lipinski definition) is 0. The second-order valence-electron chi connectivity index (χ2n) is 8.26. The van der Waals surface area contributed by atoms with Crippen molar-refractivity contribution >= 4 is 28.4 Å². The summed E-state index contributed by atoms with van der Waals surface area (Å²) in [5, 5.41) is 1.19. The van der Waals surface area contributed by atoms with E-state index in [0.29, 0.717) is 0 Å². The van der Waals surface area contributed by atoms with Gasteiger partial charge in [-0.15, -0.1) is 0 Å². The van der Waals surface area contributed by atoms with Gasteiger partial charge in [0.15, 0.2) is 0 Å². The number of likely N-dealkylation sites (N-methyl/N-ethyl adjacent to an activating group) is 1. The molecule has 0 atom stereocenters. The Morgan fingerprint density at radius 1 is 0.633 bits per heavy atom. The highest BCUT2D eigenvalue weighted by molar-refractivity contribution is 5.80. The van der Waals surface area contributed by atoms with E-state index in [2.05, 4.69) is 63.0 Å². The molecular weight excluding hydrogens is 374 g/mol. The molecule has 0 saturated carbocycles. The quantitative estimate of drug-likeness (QED) is 0.666. The molecule has 0 N–H and O–H groups in total. The van der Waals surface area contributed by atoms with Gasteiger partial charge in [0.1, 0.15) is 23.3 Å². The van der Waals surface area contributed by atoms with Crippen LogP contribution >= 0.6 is 0 Å². The first-order valence-corrected chi connectivity index (χ1v) is 10.8. The molecule has 4 heterocycles. The van der Waals surface area contributed by atoms with E-state index in [4.69, 9.17) is 15.0 Å². The monoisotopic (exact) mass is 403 g/mol. The summed E-state index contributed by atoms with van der Waals surface area (Å²) in [7, 11) is 2.18. The van der Waals surface area contributed by atoms with Gasteiger partial charge in [0.25, 0.3) is 0 Å². The number of benzene rings is 1. The van der Waals surface area contributed by atoms with E-state index < -0.39 is 0 Å². The van der Waals surface area contributed by atoms with Crippen molar-refractivity contribution in [1.29, 1.82) is 0 Å². The van der Waals surface area contributed by atoms with Crippen LogP contribution in [0.3, 0.4) is 0 Å². The second kappa shape index (κ2) is 8.07. The van der Waals surface area contributed by atoms with Crippen LogP contribution in [0.4, 0.5) is 17.5 Å². The smallest absolute Gasteiger partial charge is 0.134 e. The summed E-state index contributed by atoms with van der Waals surface area (Å²) < 4.78 is 0. The lowest BCUT2D eigenvalue weighted by atomic mass is 10.2. The van der Waals surface area contributed by atoms with Crippen LogP contribution in [-0.2, 0) is 0 Å². The molecule has 2 saturated heterocycles. The number of aromatic nitrogens is 3. The summed E-state index contributed by atoms with van der Waals surface area (Å²) in [6, 6.07) is 14.8. The molecule has 5 rings (SSSR count). The maximum Gasteiger partial charge on any atom is 0.134 e. The van der Waals surface area contributed by atoms with Gasteiger partial charge in [-0.2, -0.15) is 0 Å². The van der Waals surface area contributed by atoms with E-state index in [9.17, 15) is 0 Å². The van der Waals surface area contributed by atoms with Crippen LogP contribution in [0.25, 0.3) is 10.9 Å². The third-order valence-corrected chi connectivity index (χ3v) is 6.15. The molecule has 3 aromatic rings. The van der Waals surface area contributed by atoms with Crippen LogP contribution in [0.1, 0.15) is 5.82 Å². The molecule has 0 radical (unpaired) electrons. The minimum absolute atomic E-state index is 0.847. The summed E-state index contributed by atoms with van der Waals surface area (Å²) in [4.78, 5) is 23.8. The van der Waals surface area contributed by atoms with Gasteiger partial charge in [-0.3, -0.25) is 0 Å². The molecule has 0 spiro atoms. The fourth-order valence-electron chi connectivity index (χ4n) is 4.29. The molecule has 2 aliphatic heterocycles. The largest absolute Gasteiger partial charge is 0.354 e. The zero-order chi connectivity index (χ0) is 20.5. The highest BCUT2D eigenvalue weighted by atomic mass is 15.3. The first-order chi connectivity index (χ1) is 14.7. The molecule has 2 fully saturated rings. The molecule has 0 bridgehead atoms. The number of aryl methyl sites for hydroxylation is 1. The summed E-state index contributed by atoms with van der Waals surface area (Å²) in [6.07, 6.45) is 0. The van der Waals surface area contributed by atoms with Crippen LogP contribution in [0.2, 0.25) is 0 Å². The van der Waals surface area contributed by atoms with Crippen molar-refractivity contribution in [3.8, 4) is 0 Å². The van der Waals surface area contributed by atoms with Gasteiger partial charge >= 0.3 is 0 Å². The van der Waals surface area contributed by atoms with Crippen LogP contribution in [0, 0.1) is 6.92 Å². The molecule has 30 heavy (non-hydrogen) atoms. The van der Waals surface area contributed by atoms with Gasteiger partial charge in [-0.1, -0.05) is 18.2 Å². The van der Waals surface area contributed by atoms with Crippen molar-refractivity contribution in [1.82, 2.24) is 19.9 Å². The van der Waals surface area contributed by atoms with Gasteiger partial charge in [-0.25, -0.2) is 15.0 Å². The Hall–Kier alpha value is -2.93. The fraction of sp³-hybridized carbons (Fsp3) is 0.435. The summed E-state index contributed by atoms with van der Waals surface area (Å²) in [5.41, 5.74) is 1.06. The van der Waals surface area contributed by atoms with E-state index in [1.807, 2.05) is 13.0 Å². The Bertz CT molecular complexity index is 1020. The Balaban J connectivity index is 1.29. The molecule has 7 heteroatoms. The van der Waals surface area contributed by atoms with Crippen molar-refractivity contribution in [3.63, 3.8) is 0 Å². The van der Waals surface area contributed by atoms with Crippen molar-refractivity contribution < 1.29 is 0 Å². The van der Waals surface area contributed by atoms with E-state index in [0.717, 1.165) is 81.2 Å². The van der Waals surface area contributed by atoms with E-state index in [-0.39, 0.29) is 0 Å². The molecule has 0 aliphatic carbocycles. The first kappa shape index (κ1) is 19.1. The maximum absolute atomic E-state index is 4.86. The Morgan fingerprint density at radius 2 is 1.20 bits per heavy atom. The lowest BCUT2D eigenvalue weighted by molar-refractivity contribution is 0.312. The molecule has 0 amide bonds. The highest BCUT2D eigenvalue weighted by Crippen LogP contribution is 2.24. The average molecular weight is 404 g/mol. The predicted octanol–water partition coefficient (Wildman–Crippen LogP) is 2.41. The molecule has 7 nitrogen and oxygen atoms in total. The maximum atomic E-state index is 4.86. The number of fused-ring (bicyclic) bond motifs is 1. The number of piperazine rings is 2. The van der Waals surface area contributed by atoms with Crippen molar-refractivity contribution in [2.45, 2.75) is 6.92 Å². The lowest BCUT2D eigenvalue weighted by Crippen LogP contribution is -2.47. The number of rotatable bonds is 3. The van der Waals surface area contributed by atoms with Crippen LogP contribution in [-0.4, -0.2) is 79.3 Å². The standard InChI is InChI=1S/C23H29N7/c1-18-24-22(29-11-9-27(2)10-12-29)17-23(25-18)30-15-13-28(14-16-30)21-8-7-19-5-3-4-6-20(19)26-21/h3-8,17H,9-16H2,1-2H3. The van der Waals surface area contributed by atoms with Gasteiger partial charge in [-0.05, 0) is 32.2 Å². The van der Waals surface area contributed by atoms with E-state index in [1.54, 1.807) is 0 Å². The zero-order valence-electron chi connectivity index (χ0n) is 17.8. The molecule has 2 aromatic heterocycles. The SMILES string of the molecule is Cc1nc(N2CCN(C)CC2)cc(N2CCN(c3ccc4ccccc4n3)CC2)n1. The Kier molecular flexibility index (Phi) is 5.12. The summed E-state index contributed by atoms with van der Waals surface area (Å²) in [5.74, 6) is 4.01. The number of para-hydroxylation sites is 1. The molecule has 2 aliphatic rings. The normalized spacial score (nSPS) is 18.3. The van der Waals surface area contributed by atoms with Crippen LogP contribution in [0.5, 0.6) is 0 Å². The van der Waals surface area contributed by atoms with E-state index in [1.165, 1.54) is 5.39 Å². The fourth-order valence-corrected chi connectivity index (χ4v) is 4.29. The van der Waals surface area contributed by atoms with E-state index >= 15 is 0 Å². The predicted molar refractivity (Wildman–Crippen MR) is 123 cm³/mol. The number of pyridine rings is 1. The zero-order valence-corrected chi connectivity index (χ0v) is 17.8. The summed E-state index contributed by atoms with van der Waals surface area (Å²) >= 11 is 0. The Morgan fingerprint density at radius 3 is 1.87 bits per heavy atom. The van der Waals surface area contributed by atoms with Crippen molar-refractivity contribution in [2.75, 3.05) is 74.1 Å². The minimum Gasteiger partial charge on any atom is -0.354 e. The third kappa shape index (κ3) is 3.89. The molecule has 1 aromatic carbocycles. The first-order valence-electron chi connectivity index (χ1n) is 10.8. The van der Waals surface area contributed by atoms with Gasteiger partial charge in [0.05, 0.1) is 5.52 Å². The van der Waals surface area contributed by atoms with Crippen molar-refractivity contribution in [2.24, 2.45) is 0 Å². The Labute approximate surface area is 178 Å². The topological polar surface area (TPSA) is 51.6 Å². The second-order valence-corrected chi connectivity index (χ2v) is 8.26. The summed E-state index contributed by atoms with van der Waals surface area (Å²) in [6.45, 7) is 9.96. The van der Waals surface area contributed by atoms with Gasteiger partial charge < -0.3 is 19.6 Å². The number of hydrogen-bond acceptors (Lipinski definition) is 7. The average Bonchev–Trinajstić information content (AvgIpc) is 2.79. The van der Waals surface area contributed by atoms with Crippen molar-refractivity contribution in [3.05, 3.63) is 48.3 Å². The lowest BCUT2D eigenvalue weighted by Gasteiger charge is -2.37. The molecule has 0 unspecified atom stereocenters. The minimum atomic E-state index is 0.847. The van der Waals surface area contributed by atoms with Gasteiger partial charge in [0, 0.05) is 63.8 Å².